The molecule has 1 amide bonds. The van der Waals surface area contributed by atoms with Crippen LogP contribution in [-0.4, -0.2) is 22.7 Å². The molecule has 1 aromatic carbocycles. The number of carbonyl (C=O) groups excluding carboxylic acids is 1. The van der Waals surface area contributed by atoms with Crippen molar-refractivity contribution in [2.45, 2.75) is 13.5 Å². The Bertz CT molecular complexity index is 679. The van der Waals surface area contributed by atoms with Crippen LogP contribution in [0.1, 0.15) is 16.1 Å². The fraction of sp³-hybridized carbons (Fsp3) is 0.167. The number of nitrogens with one attached hydrogen (secondary N) is 2. The normalized spacial score (nSPS) is 10.8. The molecule has 0 saturated carbocycles. The van der Waals surface area contributed by atoms with E-state index in [4.69, 9.17) is 11.6 Å². The quantitative estimate of drug-likeness (QED) is 0.843. The largest absolute Gasteiger partial charge is 0.431 e. The lowest BCUT2D eigenvalue weighted by Crippen LogP contribution is -2.14. The molecule has 0 aliphatic rings. The number of aromatic nitrogens is 2. The number of alkyl halides is 2. The van der Waals surface area contributed by atoms with Gasteiger partial charge in [0.25, 0.3) is 5.91 Å². The Morgan fingerprint density at radius 1 is 1.52 bits per heavy atom. The number of hydrogen-bond acceptors (Lipinski definition) is 3. The van der Waals surface area contributed by atoms with Crippen molar-refractivity contribution in [1.29, 1.82) is 0 Å². The van der Waals surface area contributed by atoms with Gasteiger partial charge in [-0.05, 0) is 35.0 Å². The zero-order valence-corrected chi connectivity index (χ0v) is 12.9. The van der Waals surface area contributed by atoms with Crippen molar-refractivity contribution in [3.63, 3.8) is 0 Å². The highest BCUT2D eigenvalue weighted by Gasteiger charge is 2.18. The molecule has 0 unspecified atom stereocenters. The monoisotopic (exact) mass is 379 g/mol. The number of carbonyl (C=O) groups is 1. The van der Waals surface area contributed by atoms with Gasteiger partial charge in [0.05, 0.1) is 21.9 Å². The molecule has 9 heteroatoms. The van der Waals surface area contributed by atoms with Crippen LogP contribution in [0.2, 0.25) is 5.02 Å². The van der Waals surface area contributed by atoms with Gasteiger partial charge in [0.1, 0.15) is 0 Å². The lowest BCUT2D eigenvalue weighted by Gasteiger charge is -2.14. The third-order valence-electron chi connectivity index (χ3n) is 2.54. The smallest absolute Gasteiger partial charge is 0.387 e. The van der Waals surface area contributed by atoms with Gasteiger partial charge in [0.15, 0.2) is 5.75 Å². The first-order valence-corrected chi connectivity index (χ1v) is 6.80. The topological polar surface area (TPSA) is 67.0 Å². The average molecular weight is 381 g/mol. The van der Waals surface area contributed by atoms with Crippen molar-refractivity contribution >= 4 is 39.1 Å². The second-order valence-electron chi connectivity index (χ2n) is 4.01. The van der Waals surface area contributed by atoms with Gasteiger partial charge in [-0.25, -0.2) is 0 Å². The number of rotatable bonds is 4. The molecule has 0 bridgehead atoms. The van der Waals surface area contributed by atoms with E-state index in [0.717, 1.165) is 0 Å². The number of hydrogen-bond donors (Lipinski definition) is 2. The number of aromatic amines is 1. The minimum Gasteiger partial charge on any atom is -0.431 e. The number of aryl methyl sites for hydroxylation is 1. The molecular formula is C12H9BrClF2N3O2. The summed E-state index contributed by atoms with van der Waals surface area (Å²) in [5, 5.41) is 9.05. The minimum atomic E-state index is -3.03. The maximum absolute atomic E-state index is 12.5. The van der Waals surface area contributed by atoms with E-state index in [9.17, 15) is 13.6 Å². The molecule has 0 saturated heterocycles. The molecular weight excluding hydrogens is 372 g/mol. The van der Waals surface area contributed by atoms with Crippen LogP contribution < -0.4 is 10.1 Å². The van der Waals surface area contributed by atoms with Gasteiger partial charge in [0, 0.05) is 10.7 Å². The van der Waals surface area contributed by atoms with Crippen molar-refractivity contribution in [3.05, 3.63) is 39.1 Å². The fourth-order valence-corrected chi connectivity index (χ4v) is 2.54. The minimum absolute atomic E-state index is 0.0280. The number of anilines is 1. The third-order valence-corrected chi connectivity index (χ3v) is 3.35. The Balaban J connectivity index is 2.34. The SMILES string of the molecule is Cc1[nH]ncc1C(=O)Nc1cc(Cl)cc(Br)c1OC(F)F. The number of nitrogens with zero attached hydrogens (tertiary/aromatic N) is 1. The summed E-state index contributed by atoms with van der Waals surface area (Å²) >= 11 is 8.92. The molecule has 2 N–H and O–H groups in total. The van der Waals surface area contributed by atoms with Gasteiger partial charge >= 0.3 is 6.61 Å². The van der Waals surface area contributed by atoms with E-state index in [0.29, 0.717) is 5.69 Å². The number of amides is 1. The first kappa shape index (κ1) is 15.7. The molecule has 112 valence electrons. The fourth-order valence-electron chi connectivity index (χ4n) is 1.63. The maximum atomic E-state index is 12.5. The standard InChI is InChI=1S/C12H9BrClF2N3O2/c1-5-7(4-17-19-5)11(20)18-9-3-6(14)2-8(13)10(9)21-12(15)16/h2-4,12H,1H3,(H,17,19)(H,18,20). The van der Waals surface area contributed by atoms with E-state index >= 15 is 0 Å². The van der Waals surface area contributed by atoms with Gasteiger partial charge < -0.3 is 10.1 Å². The average Bonchev–Trinajstić information content (AvgIpc) is 2.79. The molecule has 5 nitrogen and oxygen atoms in total. The Morgan fingerprint density at radius 2 is 2.24 bits per heavy atom. The molecule has 2 rings (SSSR count). The zero-order valence-electron chi connectivity index (χ0n) is 10.6. The van der Waals surface area contributed by atoms with Gasteiger partial charge in [-0.3, -0.25) is 9.89 Å². The number of halogens is 4. The molecule has 2 aromatic rings. The van der Waals surface area contributed by atoms with E-state index < -0.39 is 12.5 Å². The Morgan fingerprint density at radius 3 is 2.81 bits per heavy atom. The Kier molecular flexibility index (Phi) is 4.79. The summed E-state index contributed by atoms with van der Waals surface area (Å²) in [6.45, 7) is -1.37. The number of ether oxygens (including phenoxy) is 1. The third kappa shape index (κ3) is 3.70. The van der Waals surface area contributed by atoms with Crippen LogP contribution >= 0.6 is 27.5 Å². The zero-order chi connectivity index (χ0) is 15.6. The van der Waals surface area contributed by atoms with E-state index in [-0.39, 0.29) is 26.5 Å². The van der Waals surface area contributed by atoms with Crippen molar-refractivity contribution in [1.82, 2.24) is 10.2 Å². The van der Waals surface area contributed by atoms with Crippen molar-refractivity contribution < 1.29 is 18.3 Å². The summed E-state index contributed by atoms with van der Waals surface area (Å²) in [5.41, 5.74) is 0.860. The molecule has 1 heterocycles. The predicted molar refractivity (Wildman–Crippen MR) is 77.1 cm³/mol. The summed E-state index contributed by atoms with van der Waals surface area (Å²) < 4.78 is 29.5. The second-order valence-corrected chi connectivity index (χ2v) is 5.30. The molecule has 0 aliphatic heterocycles. The van der Waals surface area contributed by atoms with Gasteiger partial charge in [-0.15, -0.1) is 0 Å². The highest BCUT2D eigenvalue weighted by atomic mass is 79.9. The number of benzene rings is 1. The maximum Gasteiger partial charge on any atom is 0.387 e. The van der Waals surface area contributed by atoms with Gasteiger partial charge in [-0.2, -0.15) is 13.9 Å². The lowest BCUT2D eigenvalue weighted by molar-refractivity contribution is -0.0498. The van der Waals surface area contributed by atoms with Crippen LogP contribution in [0.15, 0.2) is 22.8 Å². The van der Waals surface area contributed by atoms with Gasteiger partial charge in [0.2, 0.25) is 0 Å². The van der Waals surface area contributed by atoms with Crippen LogP contribution in [-0.2, 0) is 0 Å². The van der Waals surface area contributed by atoms with Crippen molar-refractivity contribution in [2.75, 3.05) is 5.32 Å². The highest BCUT2D eigenvalue weighted by molar-refractivity contribution is 9.10. The van der Waals surface area contributed by atoms with Gasteiger partial charge in [-0.1, -0.05) is 11.6 Å². The van der Waals surface area contributed by atoms with E-state index in [1.165, 1.54) is 18.3 Å². The summed E-state index contributed by atoms with van der Waals surface area (Å²) in [4.78, 5) is 12.1. The molecule has 0 radical (unpaired) electrons. The van der Waals surface area contributed by atoms with Crippen LogP contribution in [0.4, 0.5) is 14.5 Å². The van der Waals surface area contributed by atoms with Crippen LogP contribution in [0, 0.1) is 6.92 Å². The Hall–Kier alpha value is -1.67. The van der Waals surface area contributed by atoms with Crippen LogP contribution in [0.5, 0.6) is 5.75 Å². The molecule has 21 heavy (non-hydrogen) atoms. The van der Waals surface area contributed by atoms with Crippen LogP contribution in [0.3, 0.4) is 0 Å². The predicted octanol–water partition coefficient (Wildman–Crippen LogP) is 3.99. The second kappa shape index (κ2) is 6.40. The highest BCUT2D eigenvalue weighted by Crippen LogP contribution is 2.37. The lowest BCUT2D eigenvalue weighted by atomic mass is 10.2. The summed E-state index contributed by atoms with van der Waals surface area (Å²) in [6, 6.07) is 2.70. The van der Waals surface area contributed by atoms with Crippen molar-refractivity contribution in [3.8, 4) is 5.75 Å². The van der Waals surface area contributed by atoms with Crippen LogP contribution in [0.25, 0.3) is 0 Å². The molecule has 0 aliphatic carbocycles. The summed E-state index contributed by atoms with van der Waals surface area (Å²) in [5.74, 6) is -0.724. The molecule has 0 spiro atoms. The summed E-state index contributed by atoms with van der Waals surface area (Å²) in [6.07, 6.45) is 1.33. The first-order chi connectivity index (χ1) is 9.88. The number of H-pyrrole nitrogens is 1. The molecule has 0 fully saturated rings. The summed E-state index contributed by atoms with van der Waals surface area (Å²) in [7, 11) is 0. The molecule has 0 atom stereocenters. The molecule has 1 aromatic heterocycles. The van der Waals surface area contributed by atoms with Crippen molar-refractivity contribution in [2.24, 2.45) is 0 Å². The van der Waals surface area contributed by atoms with E-state index in [1.807, 2.05) is 0 Å². The Labute approximate surface area is 131 Å². The first-order valence-electron chi connectivity index (χ1n) is 5.63. The van der Waals surface area contributed by atoms with E-state index in [1.54, 1.807) is 6.92 Å². The van der Waals surface area contributed by atoms with E-state index in [2.05, 4.69) is 36.2 Å².